The van der Waals surface area contributed by atoms with Crippen LogP contribution in [0.1, 0.15) is 44.4 Å². The van der Waals surface area contributed by atoms with E-state index in [9.17, 15) is 0 Å². The van der Waals surface area contributed by atoms with E-state index >= 15 is 0 Å². The maximum absolute atomic E-state index is 6.43. The number of hydrogen-bond donors (Lipinski definition) is 1. The molecule has 1 aliphatic rings. The molecule has 0 aliphatic carbocycles. The van der Waals surface area contributed by atoms with Gasteiger partial charge in [-0.15, -0.1) is 0 Å². The number of rotatable bonds is 6. The molecule has 0 amide bonds. The Labute approximate surface area is 133 Å². The lowest BCUT2D eigenvalue weighted by molar-refractivity contribution is -0.0886. The van der Waals surface area contributed by atoms with Crippen molar-refractivity contribution in [1.29, 1.82) is 0 Å². The van der Waals surface area contributed by atoms with Crippen LogP contribution < -0.4 is 5.32 Å². The number of benzene rings is 1. The monoisotopic (exact) mass is 300 g/mol. The fraction of sp³-hybridized carbons (Fsp3) is 0.579. The van der Waals surface area contributed by atoms with Crippen LogP contribution in [-0.2, 0) is 16.9 Å². The minimum Gasteiger partial charge on any atom is -0.367 e. The van der Waals surface area contributed by atoms with Crippen LogP contribution in [0.15, 0.2) is 24.3 Å². The van der Waals surface area contributed by atoms with E-state index in [-0.39, 0.29) is 5.60 Å². The zero-order valence-electron chi connectivity index (χ0n) is 14.1. The third-order valence-corrected chi connectivity index (χ3v) is 4.96. The number of nitrogens with one attached hydrogen (secondary N) is 1. The van der Waals surface area contributed by atoms with Crippen LogP contribution in [-0.4, -0.2) is 24.3 Å². The summed E-state index contributed by atoms with van der Waals surface area (Å²) >= 11 is 0. The minimum atomic E-state index is -0.127. The summed E-state index contributed by atoms with van der Waals surface area (Å²) in [5, 5.41) is 4.85. The Bertz CT molecular complexity index is 646. The lowest BCUT2D eigenvalue weighted by atomic mass is 9.86. The van der Waals surface area contributed by atoms with Crippen LogP contribution >= 0.6 is 0 Å². The van der Waals surface area contributed by atoms with Gasteiger partial charge in [0, 0.05) is 17.4 Å². The van der Waals surface area contributed by atoms with Crippen LogP contribution in [0, 0.1) is 6.92 Å². The zero-order chi connectivity index (χ0) is 15.6. The maximum atomic E-state index is 6.43. The fourth-order valence-electron chi connectivity index (χ4n) is 4.07. The first kappa shape index (κ1) is 15.6. The van der Waals surface area contributed by atoms with Crippen molar-refractivity contribution < 1.29 is 4.74 Å². The zero-order valence-corrected chi connectivity index (χ0v) is 14.1. The Hall–Kier alpha value is -1.32. The molecule has 2 heterocycles. The molecular formula is C19H28N2O. The van der Waals surface area contributed by atoms with Gasteiger partial charge in [-0.3, -0.25) is 0 Å². The SMILES string of the molecule is CCCC1(CCNCC)OCCn2c1c(C)c1ccccc12. The van der Waals surface area contributed by atoms with Gasteiger partial charge in [-0.05, 0) is 44.5 Å². The van der Waals surface area contributed by atoms with E-state index in [2.05, 4.69) is 54.9 Å². The molecule has 0 radical (unpaired) electrons. The van der Waals surface area contributed by atoms with Gasteiger partial charge in [0.05, 0.1) is 12.3 Å². The van der Waals surface area contributed by atoms with Crippen molar-refractivity contribution in [1.82, 2.24) is 9.88 Å². The summed E-state index contributed by atoms with van der Waals surface area (Å²) < 4.78 is 8.94. The number of aromatic nitrogens is 1. The molecule has 0 spiro atoms. The molecule has 3 rings (SSSR count). The van der Waals surface area contributed by atoms with Crippen LogP contribution in [0.4, 0.5) is 0 Å². The van der Waals surface area contributed by atoms with Gasteiger partial charge in [0.2, 0.25) is 0 Å². The number of ether oxygens (including phenoxy) is 1. The van der Waals surface area contributed by atoms with Gasteiger partial charge in [-0.2, -0.15) is 0 Å². The molecule has 1 unspecified atom stereocenters. The molecule has 1 N–H and O–H groups in total. The predicted octanol–water partition coefficient (Wildman–Crippen LogP) is 3.97. The molecule has 22 heavy (non-hydrogen) atoms. The number of aryl methyl sites for hydroxylation is 1. The van der Waals surface area contributed by atoms with Gasteiger partial charge >= 0.3 is 0 Å². The first-order chi connectivity index (χ1) is 10.7. The van der Waals surface area contributed by atoms with Crippen LogP contribution in [0.3, 0.4) is 0 Å². The molecule has 0 saturated heterocycles. The van der Waals surface area contributed by atoms with Gasteiger partial charge in [0.1, 0.15) is 5.60 Å². The van der Waals surface area contributed by atoms with E-state index in [4.69, 9.17) is 4.74 Å². The smallest absolute Gasteiger partial charge is 0.110 e. The lowest BCUT2D eigenvalue weighted by Gasteiger charge is -2.39. The molecule has 1 aliphatic heterocycles. The summed E-state index contributed by atoms with van der Waals surface area (Å²) in [6.45, 7) is 10.5. The Kier molecular flexibility index (Phi) is 4.55. The third-order valence-electron chi connectivity index (χ3n) is 4.96. The van der Waals surface area contributed by atoms with E-state index in [1.54, 1.807) is 0 Å². The first-order valence-electron chi connectivity index (χ1n) is 8.66. The second kappa shape index (κ2) is 6.43. The molecule has 1 aromatic carbocycles. The van der Waals surface area contributed by atoms with Crippen molar-refractivity contribution in [3.8, 4) is 0 Å². The predicted molar refractivity (Wildman–Crippen MR) is 92.4 cm³/mol. The molecule has 0 fully saturated rings. The summed E-state index contributed by atoms with van der Waals surface area (Å²) in [5.74, 6) is 0. The summed E-state index contributed by atoms with van der Waals surface area (Å²) in [5.41, 5.74) is 4.06. The molecule has 1 aromatic heterocycles. The summed E-state index contributed by atoms with van der Waals surface area (Å²) in [4.78, 5) is 0. The van der Waals surface area contributed by atoms with Crippen molar-refractivity contribution in [3.05, 3.63) is 35.5 Å². The van der Waals surface area contributed by atoms with Crippen LogP contribution in [0.2, 0.25) is 0 Å². The molecule has 0 bridgehead atoms. The highest BCUT2D eigenvalue weighted by Crippen LogP contribution is 2.42. The highest BCUT2D eigenvalue weighted by Gasteiger charge is 2.39. The lowest BCUT2D eigenvalue weighted by Crippen LogP contribution is -2.41. The quantitative estimate of drug-likeness (QED) is 0.817. The topological polar surface area (TPSA) is 26.2 Å². The molecule has 3 heteroatoms. The van der Waals surface area contributed by atoms with Crippen LogP contribution in [0.5, 0.6) is 0 Å². The standard InChI is InChI=1S/C19H28N2O/c1-4-10-19(11-12-20-5-2)18-15(3)16-8-6-7-9-17(16)21(18)13-14-22-19/h6-9,20H,4-5,10-14H2,1-3H3. The van der Waals surface area contributed by atoms with Crippen molar-refractivity contribution in [2.45, 2.75) is 52.2 Å². The number of para-hydroxylation sites is 1. The molecule has 120 valence electrons. The normalized spacial score (nSPS) is 21.2. The third kappa shape index (κ3) is 2.46. The molecule has 2 aromatic rings. The maximum Gasteiger partial charge on any atom is 0.110 e. The number of hydrogen-bond acceptors (Lipinski definition) is 2. The van der Waals surface area contributed by atoms with Gasteiger partial charge in [0.15, 0.2) is 0 Å². The molecular weight excluding hydrogens is 272 g/mol. The minimum absolute atomic E-state index is 0.127. The largest absolute Gasteiger partial charge is 0.367 e. The Morgan fingerprint density at radius 3 is 2.82 bits per heavy atom. The Balaban J connectivity index is 2.11. The van der Waals surface area contributed by atoms with Crippen molar-refractivity contribution in [3.63, 3.8) is 0 Å². The number of fused-ring (bicyclic) bond motifs is 3. The van der Waals surface area contributed by atoms with Gasteiger partial charge < -0.3 is 14.6 Å². The van der Waals surface area contributed by atoms with Crippen molar-refractivity contribution in [2.24, 2.45) is 0 Å². The Morgan fingerprint density at radius 1 is 1.23 bits per heavy atom. The average Bonchev–Trinajstić information content (AvgIpc) is 2.83. The molecule has 0 saturated carbocycles. The van der Waals surface area contributed by atoms with E-state index in [0.29, 0.717) is 0 Å². The summed E-state index contributed by atoms with van der Waals surface area (Å²) in [6, 6.07) is 8.78. The highest BCUT2D eigenvalue weighted by atomic mass is 16.5. The van der Waals surface area contributed by atoms with Gasteiger partial charge in [-0.1, -0.05) is 38.5 Å². The molecule has 1 atom stereocenters. The van der Waals surface area contributed by atoms with E-state index in [0.717, 1.165) is 45.5 Å². The van der Waals surface area contributed by atoms with Crippen molar-refractivity contribution >= 4 is 10.9 Å². The van der Waals surface area contributed by atoms with Gasteiger partial charge in [0.25, 0.3) is 0 Å². The second-order valence-electron chi connectivity index (χ2n) is 6.34. The second-order valence-corrected chi connectivity index (χ2v) is 6.34. The van der Waals surface area contributed by atoms with Crippen LogP contribution in [0.25, 0.3) is 10.9 Å². The average molecular weight is 300 g/mol. The summed E-state index contributed by atoms with van der Waals surface area (Å²) in [7, 11) is 0. The first-order valence-corrected chi connectivity index (χ1v) is 8.66. The van der Waals surface area contributed by atoms with Gasteiger partial charge in [-0.25, -0.2) is 0 Å². The summed E-state index contributed by atoms with van der Waals surface area (Å²) in [6.07, 6.45) is 3.29. The van der Waals surface area contributed by atoms with E-state index in [1.165, 1.54) is 22.2 Å². The van der Waals surface area contributed by atoms with Crippen molar-refractivity contribution in [2.75, 3.05) is 19.7 Å². The highest BCUT2D eigenvalue weighted by molar-refractivity contribution is 5.85. The Morgan fingerprint density at radius 2 is 2.05 bits per heavy atom. The van der Waals surface area contributed by atoms with E-state index < -0.39 is 0 Å². The van der Waals surface area contributed by atoms with E-state index in [1.807, 2.05) is 0 Å². The molecule has 3 nitrogen and oxygen atoms in total. The fourth-order valence-corrected chi connectivity index (χ4v) is 4.07. The number of nitrogens with zero attached hydrogens (tertiary/aromatic N) is 1.